The molecular weight excluding hydrogens is 502 g/mol. The lowest BCUT2D eigenvalue weighted by molar-refractivity contribution is -0.128. The number of alkyl halides is 3. The first-order chi connectivity index (χ1) is 11.8. The van der Waals surface area contributed by atoms with Crippen molar-refractivity contribution >= 4 is 45.9 Å². The lowest BCUT2D eigenvalue weighted by atomic mass is 9.92. The van der Waals surface area contributed by atoms with Gasteiger partial charge < -0.3 is 16.0 Å². The molecule has 0 aliphatic carbocycles. The van der Waals surface area contributed by atoms with Gasteiger partial charge in [-0.2, -0.15) is 17.5 Å². The molecule has 3 N–H and O–H groups in total. The molecule has 1 rings (SSSR count). The summed E-state index contributed by atoms with van der Waals surface area (Å²) in [4.78, 5) is 15.8. The number of carbonyl (C=O) groups is 1. The van der Waals surface area contributed by atoms with Crippen LogP contribution in [0.2, 0.25) is 0 Å². The van der Waals surface area contributed by atoms with E-state index in [1.54, 1.807) is 20.9 Å². The van der Waals surface area contributed by atoms with Gasteiger partial charge >= 0.3 is 15.5 Å². The summed E-state index contributed by atoms with van der Waals surface area (Å²) < 4.78 is 61.0. The predicted octanol–water partition coefficient (Wildman–Crippen LogP) is 0.856. The number of carbonyl (C=O) groups excluding carboxylic acids is 1. The summed E-state index contributed by atoms with van der Waals surface area (Å²) in [5, 5.41) is 8.62. The van der Waals surface area contributed by atoms with Gasteiger partial charge in [0.1, 0.15) is 0 Å². The number of amides is 1. The molecule has 27 heavy (non-hydrogen) atoms. The predicted molar refractivity (Wildman–Crippen MR) is 107 cm³/mol. The van der Waals surface area contributed by atoms with Crippen LogP contribution in [0.4, 0.5) is 13.2 Å². The minimum absolute atomic E-state index is 0. The van der Waals surface area contributed by atoms with Crippen LogP contribution in [0.15, 0.2) is 4.99 Å². The Bertz CT molecular complexity index is 632. The quantitative estimate of drug-likeness (QED) is 0.279. The van der Waals surface area contributed by atoms with Gasteiger partial charge in [0.25, 0.3) is 0 Å². The van der Waals surface area contributed by atoms with Crippen molar-refractivity contribution in [2.75, 3.05) is 33.7 Å². The summed E-state index contributed by atoms with van der Waals surface area (Å²) in [7, 11) is -2.21. The highest BCUT2D eigenvalue weighted by molar-refractivity contribution is 14.0. The largest absolute Gasteiger partial charge is 0.511 e. The van der Waals surface area contributed by atoms with Gasteiger partial charge in [-0.05, 0) is 26.7 Å². The molecule has 0 bridgehead atoms. The Labute approximate surface area is 174 Å². The van der Waals surface area contributed by atoms with Gasteiger partial charge in [0.15, 0.2) is 5.96 Å². The van der Waals surface area contributed by atoms with E-state index < -0.39 is 20.9 Å². The van der Waals surface area contributed by atoms with Gasteiger partial charge in [0.2, 0.25) is 5.91 Å². The van der Waals surface area contributed by atoms with E-state index in [0.717, 1.165) is 0 Å². The molecule has 0 spiro atoms. The van der Waals surface area contributed by atoms with E-state index in [9.17, 15) is 26.4 Å². The Kier molecular flexibility index (Phi) is 9.78. The molecule has 13 heteroatoms. The number of halogens is 4. The van der Waals surface area contributed by atoms with Crippen molar-refractivity contribution in [3.05, 3.63) is 0 Å². The lowest BCUT2D eigenvalue weighted by Crippen LogP contribution is -2.53. The van der Waals surface area contributed by atoms with Crippen LogP contribution in [-0.4, -0.2) is 69.9 Å². The number of piperidine rings is 1. The lowest BCUT2D eigenvalue weighted by Gasteiger charge is -2.33. The van der Waals surface area contributed by atoms with Crippen LogP contribution in [-0.2, 0) is 14.8 Å². The maximum atomic E-state index is 12.6. The molecule has 0 aromatic carbocycles. The maximum absolute atomic E-state index is 12.6. The van der Waals surface area contributed by atoms with Gasteiger partial charge in [0.05, 0.1) is 5.41 Å². The van der Waals surface area contributed by atoms with E-state index in [1.165, 1.54) is 7.05 Å². The van der Waals surface area contributed by atoms with Gasteiger partial charge in [0, 0.05) is 39.8 Å². The number of nitrogens with one attached hydrogen (secondary N) is 3. The van der Waals surface area contributed by atoms with Crippen LogP contribution in [0.3, 0.4) is 0 Å². The van der Waals surface area contributed by atoms with Crippen LogP contribution < -0.4 is 16.0 Å². The maximum Gasteiger partial charge on any atom is 0.511 e. The number of nitrogens with zero attached hydrogens (tertiary/aromatic N) is 2. The zero-order valence-corrected chi connectivity index (χ0v) is 18.8. The van der Waals surface area contributed by atoms with Crippen molar-refractivity contribution < 1.29 is 26.4 Å². The number of hydrogen-bond acceptors (Lipinski definition) is 4. The minimum Gasteiger partial charge on any atom is -0.359 e. The van der Waals surface area contributed by atoms with E-state index in [-0.39, 0.29) is 61.9 Å². The Hall–Kier alpha value is -0.830. The van der Waals surface area contributed by atoms with E-state index in [4.69, 9.17) is 0 Å². The first kappa shape index (κ1) is 26.2. The molecule has 0 radical (unpaired) electrons. The fourth-order valence-corrected chi connectivity index (χ4v) is 3.48. The summed E-state index contributed by atoms with van der Waals surface area (Å²) in [6, 6.07) is -0.219. The van der Waals surface area contributed by atoms with Crippen molar-refractivity contribution in [3.63, 3.8) is 0 Å². The topological polar surface area (TPSA) is 103 Å². The average Bonchev–Trinajstić information content (AvgIpc) is 2.57. The van der Waals surface area contributed by atoms with Crippen molar-refractivity contribution in [3.8, 4) is 0 Å². The molecule has 160 valence electrons. The molecule has 8 nitrogen and oxygen atoms in total. The van der Waals surface area contributed by atoms with E-state index >= 15 is 0 Å². The summed E-state index contributed by atoms with van der Waals surface area (Å²) in [5.74, 6) is 0.255. The highest BCUT2D eigenvalue weighted by Crippen LogP contribution is 2.28. The standard InChI is InChI=1S/C14H26F3N5O3S.HI/c1-13(2,11(23)18-3)9-20-12(19-4)21-10-5-7-22(8-6-10)26(24,25)14(15,16)17;/h10H,5-9H2,1-4H3,(H,18,23)(H2,19,20,21);1H. The van der Waals surface area contributed by atoms with Crippen LogP contribution >= 0.6 is 24.0 Å². The van der Waals surface area contributed by atoms with Gasteiger partial charge in [-0.25, -0.2) is 8.42 Å². The Balaban J connectivity index is 0.00000676. The molecule has 0 atom stereocenters. The van der Waals surface area contributed by atoms with Crippen LogP contribution in [0.5, 0.6) is 0 Å². The van der Waals surface area contributed by atoms with Gasteiger partial charge in [-0.15, -0.1) is 24.0 Å². The number of hydrogen-bond donors (Lipinski definition) is 3. The average molecular weight is 529 g/mol. The molecule has 1 amide bonds. The molecular formula is C14H27F3IN5O3S. The SMILES string of the molecule is CN=C(NCC(C)(C)C(=O)NC)NC1CCN(S(=O)(=O)C(F)(F)F)CC1.I. The molecule has 1 aliphatic rings. The second kappa shape index (κ2) is 10.1. The molecule has 0 aromatic heterocycles. The highest BCUT2D eigenvalue weighted by Gasteiger charge is 2.50. The first-order valence-electron chi connectivity index (χ1n) is 8.11. The Morgan fingerprint density at radius 2 is 1.74 bits per heavy atom. The molecule has 0 unspecified atom stereocenters. The van der Waals surface area contributed by atoms with Crippen molar-refractivity contribution in [2.24, 2.45) is 10.4 Å². The van der Waals surface area contributed by atoms with Crippen LogP contribution in [0, 0.1) is 5.41 Å². The third kappa shape index (κ3) is 6.93. The molecule has 1 saturated heterocycles. The first-order valence-corrected chi connectivity index (χ1v) is 9.55. The second-order valence-electron chi connectivity index (χ2n) is 6.66. The van der Waals surface area contributed by atoms with Crippen LogP contribution in [0.25, 0.3) is 0 Å². The molecule has 1 aliphatic heterocycles. The van der Waals surface area contributed by atoms with Gasteiger partial charge in [-0.1, -0.05) is 0 Å². The van der Waals surface area contributed by atoms with Crippen LogP contribution in [0.1, 0.15) is 26.7 Å². The zero-order chi connectivity index (χ0) is 20.2. The summed E-state index contributed by atoms with van der Waals surface area (Å²) in [5.41, 5.74) is -5.97. The summed E-state index contributed by atoms with van der Waals surface area (Å²) in [6.45, 7) is 3.37. The van der Waals surface area contributed by atoms with Gasteiger partial charge in [-0.3, -0.25) is 9.79 Å². The normalized spacial score (nSPS) is 17.8. The Morgan fingerprint density at radius 3 is 2.15 bits per heavy atom. The van der Waals surface area contributed by atoms with Crippen molar-refractivity contribution in [1.82, 2.24) is 20.3 Å². The number of rotatable bonds is 5. The third-order valence-electron chi connectivity index (χ3n) is 4.19. The monoisotopic (exact) mass is 529 g/mol. The van der Waals surface area contributed by atoms with E-state index in [1.807, 2.05) is 0 Å². The molecule has 0 saturated carbocycles. The summed E-state index contributed by atoms with van der Waals surface area (Å²) >= 11 is 0. The Morgan fingerprint density at radius 1 is 1.22 bits per heavy atom. The van der Waals surface area contributed by atoms with E-state index in [0.29, 0.717) is 16.8 Å². The third-order valence-corrected chi connectivity index (χ3v) is 5.82. The molecule has 1 heterocycles. The highest BCUT2D eigenvalue weighted by atomic mass is 127. The smallest absolute Gasteiger partial charge is 0.359 e. The molecule has 1 fully saturated rings. The number of guanidine groups is 1. The zero-order valence-electron chi connectivity index (χ0n) is 15.7. The summed E-state index contributed by atoms with van der Waals surface area (Å²) in [6.07, 6.45) is 0.434. The number of aliphatic imine (C=N–C) groups is 1. The fraction of sp³-hybridized carbons (Fsp3) is 0.857. The second-order valence-corrected chi connectivity index (χ2v) is 8.59. The molecule has 0 aromatic rings. The van der Waals surface area contributed by atoms with Crippen molar-refractivity contribution in [2.45, 2.75) is 38.2 Å². The fourth-order valence-electron chi connectivity index (χ4n) is 2.50. The minimum atomic E-state index is -5.28. The van der Waals surface area contributed by atoms with Crippen molar-refractivity contribution in [1.29, 1.82) is 0 Å². The van der Waals surface area contributed by atoms with E-state index in [2.05, 4.69) is 20.9 Å². The number of sulfonamides is 1.